The molecule has 3 aliphatic rings. The molecule has 3 fully saturated rings. The fraction of sp³-hybridized carbons (Fsp3) is 0.650. The smallest absolute Gasteiger partial charge is 0.255 e. The van der Waals surface area contributed by atoms with Crippen LogP contribution in [-0.2, 0) is 29.0 Å². The molecule has 0 aliphatic carbocycles. The highest BCUT2D eigenvalue weighted by atomic mass is 32.2. The van der Waals surface area contributed by atoms with Crippen molar-refractivity contribution in [3.05, 3.63) is 18.2 Å². The first-order valence-electron chi connectivity index (χ1n) is 10.5. The van der Waals surface area contributed by atoms with Gasteiger partial charge in [-0.05, 0) is 37.5 Å². The molecule has 0 saturated carbocycles. The minimum absolute atomic E-state index is 0.168. The molecular formula is C20H29N3O6S. The van der Waals surface area contributed by atoms with Gasteiger partial charge in [0.2, 0.25) is 10.0 Å². The molecule has 0 bridgehead atoms. The summed E-state index contributed by atoms with van der Waals surface area (Å²) in [5.41, 5.74) is 1.33. The van der Waals surface area contributed by atoms with E-state index in [0.717, 1.165) is 31.6 Å². The maximum atomic E-state index is 13.1. The third-order valence-electron chi connectivity index (χ3n) is 5.64. The van der Waals surface area contributed by atoms with Crippen LogP contribution in [0.2, 0.25) is 0 Å². The molecule has 30 heavy (non-hydrogen) atoms. The highest BCUT2D eigenvalue weighted by molar-refractivity contribution is 7.89. The average molecular weight is 440 g/mol. The van der Waals surface area contributed by atoms with Crippen LogP contribution in [0.3, 0.4) is 0 Å². The van der Waals surface area contributed by atoms with Gasteiger partial charge >= 0.3 is 0 Å². The molecule has 1 atom stereocenters. The lowest BCUT2D eigenvalue weighted by Gasteiger charge is -2.32. The predicted molar refractivity (Wildman–Crippen MR) is 111 cm³/mol. The Morgan fingerprint density at radius 3 is 2.43 bits per heavy atom. The van der Waals surface area contributed by atoms with Gasteiger partial charge in [0.15, 0.2) is 6.10 Å². The number of rotatable bonds is 5. The number of nitrogens with one attached hydrogen (secondary N) is 1. The van der Waals surface area contributed by atoms with Gasteiger partial charge in [0, 0.05) is 26.2 Å². The van der Waals surface area contributed by atoms with Crippen molar-refractivity contribution >= 4 is 27.3 Å². The monoisotopic (exact) mass is 439 g/mol. The van der Waals surface area contributed by atoms with Crippen molar-refractivity contribution in [2.75, 3.05) is 69.4 Å². The second-order valence-electron chi connectivity index (χ2n) is 7.67. The van der Waals surface area contributed by atoms with E-state index in [1.165, 1.54) is 10.7 Å². The van der Waals surface area contributed by atoms with E-state index in [1.54, 1.807) is 18.2 Å². The Labute approximate surface area is 177 Å². The fourth-order valence-electron chi connectivity index (χ4n) is 3.97. The van der Waals surface area contributed by atoms with Crippen LogP contribution in [-0.4, -0.2) is 83.9 Å². The van der Waals surface area contributed by atoms with Crippen LogP contribution in [0.4, 0.5) is 11.4 Å². The summed E-state index contributed by atoms with van der Waals surface area (Å²) >= 11 is 0. The molecule has 1 N–H and O–H groups in total. The lowest BCUT2D eigenvalue weighted by Crippen LogP contribution is -2.41. The first kappa shape index (κ1) is 21.5. The molecule has 1 unspecified atom stereocenters. The molecule has 9 nitrogen and oxygen atoms in total. The van der Waals surface area contributed by atoms with Crippen LogP contribution in [0, 0.1) is 0 Å². The molecule has 3 heterocycles. The lowest BCUT2D eigenvalue weighted by atomic mass is 10.1. The lowest BCUT2D eigenvalue weighted by molar-refractivity contribution is -0.142. The summed E-state index contributed by atoms with van der Waals surface area (Å²) in [6.45, 7) is 4.19. The number of anilines is 2. The molecule has 4 rings (SSSR count). The van der Waals surface area contributed by atoms with Crippen molar-refractivity contribution in [3.8, 4) is 0 Å². The minimum Gasteiger partial charge on any atom is -0.379 e. The average Bonchev–Trinajstić information content (AvgIpc) is 2.81. The number of carbonyl (C=O) groups excluding carboxylic acids is 1. The third kappa shape index (κ3) is 4.78. The van der Waals surface area contributed by atoms with E-state index in [4.69, 9.17) is 14.2 Å². The van der Waals surface area contributed by atoms with Gasteiger partial charge in [0.1, 0.15) is 0 Å². The van der Waals surface area contributed by atoms with E-state index in [0.29, 0.717) is 45.2 Å². The molecule has 10 heteroatoms. The van der Waals surface area contributed by atoms with Crippen molar-refractivity contribution in [2.45, 2.75) is 30.3 Å². The number of amides is 1. The molecule has 0 spiro atoms. The van der Waals surface area contributed by atoms with Gasteiger partial charge in [0.05, 0.1) is 49.3 Å². The number of carbonyl (C=O) groups is 1. The van der Waals surface area contributed by atoms with Crippen LogP contribution in [0.5, 0.6) is 0 Å². The van der Waals surface area contributed by atoms with Crippen molar-refractivity contribution in [1.29, 1.82) is 0 Å². The van der Waals surface area contributed by atoms with E-state index >= 15 is 0 Å². The summed E-state index contributed by atoms with van der Waals surface area (Å²) in [5.74, 6) is -0.325. The number of nitrogens with zero attached hydrogens (tertiary/aromatic N) is 2. The van der Waals surface area contributed by atoms with Gasteiger partial charge in [-0.2, -0.15) is 4.31 Å². The van der Waals surface area contributed by atoms with E-state index in [2.05, 4.69) is 10.2 Å². The van der Waals surface area contributed by atoms with Crippen LogP contribution in [0.1, 0.15) is 19.3 Å². The number of hydrogen-bond donors (Lipinski definition) is 1. The highest BCUT2D eigenvalue weighted by Crippen LogP contribution is 2.32. The molecule has 0 aromatic heterocycles. The van der Waals surface area contributed by atoms with Gasteiger partial charge in [0.25, 0.3) is 5.91 Å². The van der Waals surface area contributed by atoms with E-state index in [9.17, 15) is 13.2 Å². The highest BCUT2D eigenvalue weighted by Gasteiger charge is 2.29. The first-order valence-corrected chi connectivity index (χ1v) is 12.0. The minimum atomic E-state index is -3.67. The molecular weight excluding hydrogens is 410 g/mol. The first-order chi connectivity index (χ1) is 14.6. The summed E-state index contributed by atoms with van der Waals surface area (Å²) in [6.07, 6.45) is 2.61. The van der Waals surface area contributed by atoms with Gasteiger partial charge in [-0.3, -0.25) is 4.79 Å². The van der Waals surface area contributed by atoms with Gasteiger partial charge < -0.3 is 24.4 Å². The maximum Gasteiger partial charge on any atom is 0.255 e. The largest absolute Gasteiger partial charge is 0.379 e. The van der Waals surface area contributed by atoms with Gasteiger partial charge in [-0.1, -0.05) is 0 Å². The number of sulfonamides is 1. The fourth-order valence-corrected chi connectivity index (χ4v) is 5.41. The quantitative estimate of drug-likeness (QED) is 0.732. The Bertz CT molecular complexity index is 844. The number of ether oxygens (including phenoxy) is 3. The predicted octanol–water partition coefficient (Wildman–Crippen LogP) is 1.05. The van der Waals surface area contributed by atoms with Crippen LogP contribution in [0.15, 0.2) is 23.1 Å². The Morgan fingerprint density at radius 2 is 1.73 bits per heavy atom. The molecule has 3 aliphatic heterocycles. The molecule has 1 amide bonds. The van der Waals surface area contributed by atoms with Crippen LogP contribution >= 0.6 is 0 Å². The summed E-state index contributed by atoms with van der Waals surface area (Å²) in [5, 5.41) is 2.90. The standard InChI is InChI=1S/C20H29N3O6S/c24-20(19-15-28-12-13-29-19)21-17-14-16(30(25,26)23-8-10-27-11-9-23)4-5-18(17)22-6-2-1-3-7-22/h4-5,14,19H,1-3,6-13,15H2,(H,21,24). The maximum absolute atomic E-state index is 13.1. The molecule has 3 saturated heterocycles. The number of piperidine rings is 1. The normalized spacial score (nSPS) is 23.9. The Hall–Kier alpha value is -1.72. The number of morpholine rings is 1. The summed E-state index contributed by atoms with van der Waals surface area (Å²) in [4.78, 5) is 15.1. The number of benzene rings is 1. The van der Waals surface area contributed by atoms with Crippen molar-refractivity contribution in [1.82, 2.24) is 4.31 Å². The SMILES string of the molecule is O=C(Nc1cc(S(=O)(=O)N2CCOCC2)ccc1N1CCCCC1)C1COCCO1. The van der Waals surface area contributed by atoms with Gasteiger partial charge in [-0.15, -0.1) is 0 Å². The van der Waals surface area contributed by atoms with E-state index in [-0.39, 0.29) is 17.4 Å². The van der Waals surface area contributed by atoms with Crippen LogP contribution < -0.4 is 10.2 Å². The molecule has 1 aromatic carbocycles. The van der Waals surface area contributed by atoms with E-state index in [1.807, 2.05) is 0 Å². The van der Waals surface area contributed by atoms with Crippen molar-refractivity contribution < 1.29 is 27.4 Å². The van der Waals surface area contributed by atoms with Gasteiger partial charge in [-0.25, -0.2) is 8.42 Å². The molecule has 1 aromatic rings. The zero-order valence-electron chi connectivity index (χ0n) is 17.0. The Morgan fingerprint density at radius 1 is 0.967 bits per heavy atom. The zero-order valence-corrected chi connectivity index (χ0v) is 17.9. The topological polar surface area (TPSA) is 97.4 Å². The molecule has 166 valence electrons. The zero-order chi connectivity index (χ0) is 21.0. The van der Waals surface area contributed by atoms with Crippen molar-refractivity contribution in [3.63, 3.8) is 0 Å². The van der Waals surface area contributed by atoms with E-state index < -0.39 is 16.1 Å². The van der Waals surface area contributed by atoms with Crippen molar-refractivity contribution in [2.24, 2.45) is 0 Å². The summed E-state index contributed by atoms with van der Waals surface area (Å²) in [6, 6.07) is 4.99. The summed E-state index contributed by atoms with van der Waals surface area (Å²) in [7, 11) is -3.67. The Balaban J connectivity index is 1.62. The Kier molecular flexibility index (Phi) is 6.89. The third-order valence-corrected chi connectivity index (χ3v) is 7.53. The number of hydrogen-bond acceptors (Lipinski definition) is 7. The second-order valence-corrected chi connectivity index (χ2v) is 9.60. The summed E-state index contributed by atoms with van der Waals surface area (Å²) < 4.78 is 43.8. The molecule has 0 radical (unpaired) electrons. The van der Waals surface area contributed by atoms with Crippen LogP contribution in [0.25, 0.3) is 0 Å². The second kappa shape index (κ2) is 9.61.